The summed E-state index contributed by atoms with van der Waals surface area (Å²) in [7, 11) is -4.09. The van der Waals surface area contributed by atoms with Gasteiger partial charge >= 0.3 is 0 Å². The van der Waals surface area contributed by atoms with Crippen molar-refractivity contribution in [2.75, 3.05) is 5.75 Å². The Morgan fingerprint density at radius 2 is 1.76 bits per heavy atom. The Balaban J connectivity index is 2.35. The summed E-state index contributed by atoms with van der Waals surface area (Å²) in [5.41, 5.74) is -0.0101. The first-order valence-corrected chi connectivity index (χ1v) is 8.17. The van der Waals surface area contributed by atoms with Crippen LogP contribution in [0.4, 0.5) is 4.39 Å². The standard InChI is InChI=1S/C14H9Cl2FO3S/c15-9-5-6-11(16)10(7-9)13(18)8-21(19,20)14-4-2-1-3-12(14)17/h1-7H,8H2. The summed E-state index contributed by atoms with van der Waals surface area (Å²) in [5, 5.41) is 0.346. The summed E-state index contributed by atoms with van der Waals surface area (Å²) in [6.45, 7) is 0. The highest BCUT2D eigenvalue weighted by Gasteiger charge is 2.24. The average Bonchev–Trinajstić information content (AvgIpc) is 2.41. The van der Waals surface area contributed by atoms with E-state index in [1.54, 1.807) is 0 Å². The molecule has 21 heavy (non-hydrogen) atoms. The van der Waals surface area contributed by atoms with Crippen molar-refractivity contribution in [3.8, 4) is 0 Å². The van der Waals surface area contributed by atoms with Crippen molar-refractivity contribution in [2.24, 2.45) is 0 Å². The van der Waals surface area contributed by atoms with Gasteiger partial charge in [-0.15, -0.1) is 0 Å². The molecular formula is C14H9Cl2FO3S. The molecule has 0 saturated carbocycles. The first-order chi connectivity index (χ1) is 9.81. The molecule has 0 saturated heterocycles. The smallest absolute Gasteiger partial charge is 0.188 e. The molecule has 0 radical (unpaired) electrons. The van der Waals surface area contributed by atoms with Gasteiger partial charge in [0, 0.05) is 10.6 Å². The van der Waals surface area contributed by atoms with E-state index in [0.29, 0.717) is 0 Å². The van der Waals surface area contributed by atoms with Crippen LogP contribution in [0.25, 0.3) is 0 Å². The van der Waals surface area contributed by atoms with Crippen LogP contribution in [0.5, 0.6) is 0 Å². The van der Waals surface area contributed by atoms with Crippen LogP contribution in [-0.2, 0) is 9.84 Å². The maximum absolute atomic E-state index is 13.5. The van der Waals surface area contributed by atoms with E-state index in [4.69, 9.17) is 23.2 Å². The molecule has 0 N–H and O–H groups in total. The highest BCUT2D eigenvalue weighted by molar-refractivity contribution is 7.92. The lowest BCUT2D eigenvalue weighted by Crippen LogP contribution is -2.17. The average molecular weight is 347 g/mol. The molecule has 0 aromatic heterocycles. The van der Waals surface area contributed by atoms with Gasteiger partial charge in [0.2, 0.25) is 0 Å². The quantitative estimate of drug-likeness (QED) is 0.791. The van der Waals surface area contributed by atoms with Crippen molar-refractivity contribution in [3.05, 3.63) is 63.9 Å². The first-order valence-electron chi connectivity index (χ1n) is 5.77. The van der Waals surface area contributed by atoms with Crippen LogP contribution >= 0.6 is 23.2 Å². The van der Waals surface area contributed by atoms with E-state index in [-0.39, 0.29) is 15.6 Å². The first kappa shape index (κ1) is 15.9. The molecule has 0 unspecified atom stereocenters. The second-order valence-electron chi connectivity index (χ2n) is 4.24. The largest absolute Gasteiger partial charge is 0.293 e. The van der Waals surface area contributed by atoms with Crippen molar-refractivity contribution < 1.29 is 17.6 Å². The molecule has 0 spiro atoms. The van der Waals surface area contributed by atoms with Gasteiger partial charge in [-0.05, 0) is 30.3 Å². The Hall–Kier alpha value is -1.43. The Labute approximate surface area is 131 Å². The van der Waals surface area contributed by atoms with Crippen molar-refractivity contribution >= 4 is 38.8 Å². The van der Waals surface area contributed by atoms with Crippen LogP contribution < -0.4 is 0 Å². The Morgan fingerprint density at radius 3 is 2.43 bits per heavy atom. The highest BCUT2D eigenvalue weighted by Crippen LogP contribution is 2.23. The van der Waals surface area contributed by atoms with Gasteiger partial charge in [-0.2, -0.15) is 0 Å². The lowest BCUT2D eigenvalue weighted by atomic mass is 10.1. The fourth-order valence-corrected chi connectivity index (χ4v) is 3.44. The second kappa shape index (κ2) is 6.13. The van der Waals surface area contributed by atoms with Crippen molar-refractivity contribution in [2.45, 2.75) is 4.90 Å². The number of hydrogen-bond donors (Lipinski definition) is 0. The SMILES string of the molecule is O=C(CS(=O)(=O)c1ccccc1F)c1cc(Cl)ccc1Cl. The maximum Gasteiger partial charge on any atom is 0.188 e. The minimum atomic E-state index is -4.09. The number of sulfone groups is 1. The van der Waals surface area contributed by atoms with Crippen molar-refractivity contribution in [1.29, 1.82) is 0 Å². The summed E-state index contributed by atoms with van der Waals surface area (Å²) in [5.74, 6) is -2.53. The molecular weight excluding hydrogens is 338 g/mol. The van der Waals surface area contributed by atoms with Gasteiger partial charge in [-0.3, -0.25) is 4.79 Å². The van der Waals surface area contributed by atoms with Crippen LogP contribution in [0, 0.1) is 5.82 Å². The molecule has 0 heterocycles. The van der Waals surface area contributed by atoms with Gasteiger partial charge in [0.05, 0.1) is 5.02 Å². The lowest BCUT2D eigenvalue weighted by Gasteiger charge is -2.07. The van der Waals surface area contributed by atoms with E-state index in [1.165, 1.54) is 30.3 Å². The number of Topliss-reactive ketones (excluding diaryl/α,β-unsaturated/α-hetero) is 1. The van der Waals surface area contributed by atoms with E-state index in [1.807, 2.05) is 0 Å². The normalized spacial score (nSPS) is 11.4. The predicted octanol–water partition coefficient (Wildman–Crippen LogP) is 3.79. The molecule has 0 aliphatic carbocycles. The zero-order valence-electron chi connectivity index (χ0n) is 10.5. The summed E-state index contributed by atoms with van der Waals surface area (Å²) < 4.78 is 37.7. The monoisotopic (exact) mass is 346 g/mol. The fourth-order valence-electron chi connectivity index (χ4n) is 1.74. The number of rotatable bonds is 4. The molecule has 3 nitrogen and oxygen atoms in total. The third-order valence-electron chi connectivity index (χ3n) is 2.72. The molecule has 0 fully saturated rings. The number of carbonyl (C=O) groups excluding carboxylic acids is 1. The Kier molecular flexibility index (Phi) is 4.66. The summed E-state index contributed by atoms with van der Waals surface area (Å²) in [4.78, 5) is 11.6. The molecule has 0 aliphatic heterocycles. The van der Waals surface area contributed by atoms with E-state index in [0.717, 1.165) is 12.1 Å². The van der Waals surface area contributed by atoms with Crippen LogP contribution in [0.15, 0.2) is 47.4 Å². The minimum Gasteiger partial charge on any atom is -0.293 e. The van der Waals surface area contributed by atoms with Gasteiger partial charge in [-0.1, -0.05) is 35.3 Å². The predicted molar refractivity (Wildman–Crippen MR) is 79.2 cm³/mol. The van der Waals surface area contributed by atoms with Crippen LogP contribution in [0.3, 0.4) is 0 Å². The third-order valence-corrected chi connectivity index (χ3v) is 4.93. The molecule has 0 amide bonds. The molecule has 110 valence electrons. The maximum atomic E-state index is 13.5. The Bertz CT molecular complexity index is 804. The zero-order chi connectivity index (χ0) is 15.6. The number of carbonyl (C=O) groups is 1. The second-order valence-corrected chi connectivity index (χ2v) is 7.04. The number of ketones is 1. The van der Waals surface area contributed by atoms with Crippen molar-refractivity contribution in [3.63, 3.8) is 0 Å². The van der Waals surface area contributed by atoms with Crippen molar-refractivity contribution in [1.82, 2.24) is 0 Å². The molecule has 0 bridgehead atoms. The number of halogens is 3. The fraction of sp³-hybridized carbons (Fsp3) is 0.0714. The summed E-state index contributed by atoms with van der Waals surface area (Å²) >= 11 is 11.6. The third kappa shape index (κ3) is 3.61. The van der Waals surface area contributed by atoms with Gasteiger partial charge in [0.1, 0.15) is 16.5 Å². The van der Waals surface area contributed by atoms with Crippen LogP contribution in [0.1, 0.15) is 10.4 Å². The molecule has 2 aromatic carbocycles. The molecule has 2 aromatic rings. The molecule has 7 heteroatoms. The zero-order valence-corrected chi connectivity index (χ0v) is 12.8. The van der Waals surface area contributed by atoms with Gasteiger partial charge in [0.15, 0.2) is 15.6 Å². The van der Waals surface area contributed by atoms with Gasteiger partial charge in [0.25, 0.3) is 0 Å². The summed E-state index contributed by atoms with van der Waals surface area (Å²) in [6, 6.07) is 9.03. The van der Waals surface area contributed by atoms with E-state index < -0.39 is 32.1 Å². The number of benzene rings is 2. The molecule has 0 atom stereocenters. The lowest BCUT2D eigenvalue weighted by molar-refractivity contribution is 0.102. The number of hydrogen-bond acceptors (Lipinski definition) is 3. The van der Waals surface area contributed by atoms with E-state index >= 15 is 0 Å². The van der Waals surface area contributed by atoms with E-state index in [2.05, 4.69) is 0 Å². The summed E-state index contributed by atoms with van der Waals surface area (Å²) in [6.07, 6.45) is 0. The Morgan fingerprint density at radius 1 is 1.10 bits per heavy atom. The highest BCUT2D eigenvalue weighted by atomic mass is 35.5. The van der Waals surface area contributed by atoms with E-state index in [9.17, 15) is 17.6 Å². The molecule has 2 rings (SSSR count). The molecule has 0 aliphatic rings. The van der Waals surface area contributed by atoms with Gasteiger partial charge < -0.3 is 0 Å². The van der Waals surface area contributed by atoms with Crippen LogP contribution in [-0.4, -0.2) is 20.0 Å². The minimum absolute atomic E-state index is 0.0101. The van der Waals surface area contributed by atoms with Gasteiger partial charge in [-0.25, -0.2) is 12.8 Å². The van der Waals surface area contributed by atoms with Crippen LogP contribution in [0.2, 0.25) is 10.0 Å². The topological polar surface area (TPSA) is 51.2 Å².